The van der Waals surface area contributed by atoms with Crippen LogP contribution < -0.4 is 5.32 Å². The first-order valence-corrected chi connectivity index (χ1v) is 11.6. The molecule has 33 heavy (non-hydrogen) atoms. The molecule has 0 spiro atoms. The Bertz CT molecular complexity index is 1580. The van der Waals surface area contributed by atoms with Crippen LogP contribution in [-0.4, -0.2) is 36.2 Å². The van der Waals surface area contributed by atoms with Gasteiger partial charge in [-0.1, -0.05) is 12.1 Å². The number of hydrogen-bond donors (Lipinski definition) is 3. The van der Waals surface area contributed by atoms with Crippen LogP contribution in [0.5, 0.6) is 0 Å². The minimum absolute atomic E-state index is 0.339. The molecule has 5 aromatic heterocycles. The van der Waals surface area contributed by atoms with Gasteiger partial charge in [0.15, 0.2) is 5.82 Å². The van der Waals surface area contributed by atoms with Gasteiger partial charge in [0.25, 0.3) is 0 Å². The molecule has 7 nitrogen and oxygen atoms in total. The zero-order chi connectivity index (χ0) is 22.4. The minimum Gasteiger partial charge on any atom is -0.382 e. The molecule has 162 valence electrons. The molecule has 0 saturated heterocycles. The van der Waals surface area contributed by atoms with E-state index in [0.717, 1.165) is 55.0 Å². The van der Waals surface area contributed by atoms with Gasteiger partial charge in [0.1, 0.15) is 16.9 Å². The Hall–Kier alpha value is -4.04. The summed E-state index contributed by atoms with van der Waals surface area (Å²) in [7, 11) is 0. The van der Waals surface area contributed by atoms with E-state index in [-0.39, 0.29) is 0 Å². The standard InChI is InChI=1S/C25H21N7S/c1-14(2)28-17-10-16(12-26-13-17)15-5-6-19-18(11-15)22(32-31-19)25-29-20-7-8-27-24(23(20)30-25)21-4-3-9-33-21/h3-14,28H,1-2H3,(H,29,30)(H,31,32). The second kappa shape index (κ2) is 7.83. The maximum absolute atomic E-state index is 4.89. The van der Waals surface area contributed by atoms with Crippen molar-refractivity contribution in [2.24, 2.45) is 0 Å². The highest BCUT2D eigenvalue weighted by atomic mass is 32.1. The maximum atomic E-state index is 4.89. The number of imidazole rings is 1. The van der Waals surface area contributed by atoms with E-state index in [0.29, 0.717) is 11.9 Å². The Balaban J connectivity index is 1.45. The lowest BCUT2D eigenvalue weighted by molar-refractivity contribution is 0.898. The lowest BCUT2D eigenvalue weighted by Gasteiger charge is -2.11. The summed E-state index contributed by atoms with van der Waals surface area (Å²) in [4.78, 5) is 18.4. The number of thiophene rings is 1. The van der Waals surface area contributed by atoms with Gasteiger partial charge in [-0.25, -0.2) is 4.98 Å². The van der Waals surface area contributed by atoms with E-state index < -0.39 is 0 Å². The Kier molecular flexibility index (Phi) is 4.66. The van der Waals surface area contributed by atoms with Crippen molar-refractivity contribution in [1.29, 1.82) is 0 Å². The largest absolute Gasteiger partial charge is 0.382 e. The molecule has 6 rings (SSSR count). The highest BCUT2D eigenvalue weighted by Crippen LogP contribution is 2.33. The number of H-pyrrole nitrogens is 2. The fourth-order valence-electron chi connectivity index (χ4n) is 4.03. The second-order valence-electron chi connectivity index (χ2n) is 8.21. The van der Waals surface area contributed by atoms with Crippen molar-refractivity contribution in [2.75, 3.05) is 5.32 Å². The molecule has 0 aliphatic carbocycles. The molecular formula is C25H21N7S. The number of aromatic nitrogens is 6. The molecule has 0 aliphatic heterocycles. The summed E-state index contributed by atoms with van der Waals surface area (Å²) in [6, 6.07) is 14.8. The third-order valence-corrected chi connectivity index (χ3v) is 6.35. The molecule has 0 fully saturated rings. The van der Waals surface area contributed by atoms with Gasteiger partial charge in [-0.05, 0) is 55.1 Å². The van der Waals surface area contributed by atoms with E-state index in [4.69, 9.17) is 4.98 Å². The van der Waals surface area contributed by atoms with Gasteiger partial charge in [-0.15, -0.1) is 11.3 Å². The quantitative estimate of drug-likeness (QED) is 0.294. The van der Waals surface area contributed by atoms with Crippen molar-refractivity contribution < 1.29 is 0 Å². The Labute approximate surface area is 194 Å². The Morgan fingerprint density at radius 3 is 2.76 bits per heavy atom. The van der Waals surface area contributed by atoms with Crippen molar-refractivity contribution in [1.82, 2.24) is 30.1 Å². The predicted octanol–water partition coefficient (Wildman–Crippen LogP) is 6.11. The Morgan fingerprint density at radius 1 is 0.970 bits per heavy atom. The van der Waals surface area contributed by atoms with Crippen molar-refractivity contribution in [3.05, 3.63) is 66.4 Å². The van der Waals surface area contributed by atoms with Gasteiger partial charge in [0, 0.05) is 35.6 Å². The van der Waals surface area contributed by atoms with Crippen LogP contribution in [0.4, 0.5) is 5.69 Å². The number of anilines is 1. The molecule has 5 heterocycles. The molecule has 6 aromatic rings. The smallest absolute Gasteiger partial charge is 0.159 e. The van der Waals surface area contributed by atoms with Crippen LogP contribution in [0.25, 0.3) is 55.2 Å². The molecule has 0 amide bonds. The molecule has 8 heteroatoms. The first-order chi connectivity index (χ1) is 16.2. The summed E-state index contributed by atoms with van der Waals surface area (Å²) < 4.78 is 0. The zero-order valence-corrected chi connectivity index (χ0v) is 18.9. The van der Waals surface area contributed by atoms with Crippen LogP contribution in [0, 0.1) is 0 Å². The predicted molar refractivity (Wildman–Crippen MR) is 134 cm³/mol. The highest BCUT2D eigenvalue weighted by molar-refractivity contribution is 7.13. The lowest BCUT2D eigenvalue weighted by Crippen LogP contribution is -2.09. The van der Waals surface area contributed by atoms with Gasteiger partial charge in [0.05, 0.1) is 21.6 Å². The van der Waals surface area contributed by atoms with E-state index in [9.17, 15) is 0 Å². The topological polar surface area (TPSA) is 95.2 Å². The number of hydrogen-bond acceptors (Lipinski definition) is 6. The second-order valence-corrected chi connectivity index (χ2v) is 9.16. The summed E-state index contributed by atoms with van der Waals surface area (Å²) in [5.74, 6) is 0.715. The van der Waals surface area contributed by atoms with E-state index in [1.165, 1.54) is 0 Å². The lowest BCUT2D eigenvalue weighted by atomic mass is 10.0. The van der Waals surface area contributed by atoms with E-state index in [1.807, 2.05) is 42.2 Å². The van der Waals surface area contributed by atoms with Crippen LogP contribution in [0.15, 0.2) is 66.4 Å². The molecule has 0 unspecified atom stereocenters. The average Bonchev–Trinajstić information content (AvgIpc) is 3.57. The number of rotatable bonds is 5. The molecular weight excluding hydrogens is 430 g/mol. The first kappa shape index (κ1) is 19.6. The zero-order valence-electron chi connectivity index (χ0n) is 18.1. The molecule has 3 N–H and O–H groups in total. The highest BCUT2D eigenvalue weighted by Gasteiger charge is 2.16. The third kappa shape index (κ3) is 3.54. The van der Waals surface area contributed by atoms with Crippen molar-refractivity contribution in [2.45, 2.75) is 19.9 Å². The van der Waals surface area contributed by atoms with Gasteiger partial charge in [-0.2, -0.15) is 5.10 Å². The van der Waals surface area contributed by atoms with Gasteiger partial charge >= 0.3 is 0 Å². The maximum Gasteiger partial charge on any atom is 0.159 e. The van der Waals surface area contributed by atoms with Crippen LogP contribution in [0.1, 0.15) is 13.8 Å². The normalized spacial score (nSPS) is 11.6. The number of aromatic amines is 2. The van der Waals surface area contributed by atoms with E-state index in [2.05, 4.69) is 68.6 Å². The fraction of sp³-hybridized carbons (Fsp3) is 0.120. The van der Waals surface area contributed by atoms with Crippen LogP contribution in [0.3, 0.4) is 0 Å². The number of fused-ring (bicyclic) bond motifs is 2. The molecule has 0 radical (unpaired) electrons. The van der Waals surface area contributed by atoms with Gasteiger partial charge in [0.2, 0.25) is 0 Å². The molecule has 1 aromatic carbocycles. The van der Waals surface area contributed by atoms with Crippen LogP contribution in [-0.2, 0) is 0 Å². The monoisotopic (exact) mass is 451 g/mol. The first-order valence-electron chi connectivity index (χ1n) is 10.7. The summed E-state index contributed by atoms with van der Waals surface area (Å²) >= 11 is 1.66. The summed E-state index contributed by atoms with van der Waals surface area (Å²) in [6.45, 7) is 4.23. The van der Waals surface area contributed by atoms with E-state index >= 15 is 0 Å². The van der Waals surface area contributed by atoms with Gasteiger partial charge < -0.3 is 10.3 Å². The van der Waals surface area contributed by atoms with E-state index in [1.54, 1.807) is 11.3 Å². The third-order valence-electron chi connectivity index (χ3n) is 5.47. The summed E-state index contributed by atoms with van der Waals surface area (Å²) in [5.41, 5.74) is 7.52. The number of pyridine rings is 2. The fourth-order valence-corrected chi connectivity index (χ4v) is 4.75. The average molecular weight is 452 g/mol. The number of nitrogens with zero attached hydrogens (tertiary/aromatic N) is 4. The number of benzene rings is 1. The van der Waals surface area contributed by atoms with Crippen LogP contribution >= 0.6 is 11.3 Å². The molecule has 0 bridgehead atoms. The molecule has 0 aliphatic rings. The molecule has 0 saturated carbocycles. The van der Waals surface area contributed by atoms with Crippen molar-refractivity contribution in [3.8, 4) is 33.2 Å². The Morgan fingerprint density at radius 2 is 1.91 bits per heavy atom. The summed E-state index contributed by atoms with van der Waals surface area (Å²) in [5, 5.41) is 14.2. The SMILES string of the molecule is CC(C)Nc1cncc(-c2ccc3[nH]nc(-c4nc5c(-c6cccs6)nccc5[nH]4)c3c2)c1. The van der Waals surface area contributed by atoms with Crippen molar-refractivity contribution in [3.63, 3.8) is 0 Å². The summed E-state index contributed by atoms with van der Waals surface area (Å²) in [6.07, 6.45) is 5.54. The number of nitrogens with one attached hydrogen (secondary N) is 3. The van der Waals surface area contributed by atoms with Crippen molar-refractivity contribution >= 4 is 39.0 Å². The van der Waals surface area contributed by atoms with Crippen LogP contribution in [0.2, 0.25) is 0 Å². The molecule has 0 atom stereocenters. The van der Waals surface area contributed by atoms with Gasteiger partial charge in [-0.3, -0.25) is 15.1 Å². The minimum atomic E-state index is 0.339.